The standard InChI is InChI=1S/C9H13BrN2O/c1-7(5-10)6-12-4-3-8(2)11-9(12)13/h3-4,7H,5-6H2,1-2H3. The monoisotopic (exact) mass is 244 g/mol. The van der Waals surface area contributed by atoms with Crippen LogP contribution in [0.25, 0.3) is 0 Å². The van der Waals surface area contributed by atoms with Crippen LogP contribution >= 0.6 is 15.9 Å². The molecule has 0 N–H and O–H groups in total. The first-order chi connectivity index (χ1) is 6.13. The first-order valence-corrected chi connectivity index (χ1v) is 5.35. The highest BCUT2D eigenvalue weighted by Crippen LogP contribution is 2.02. The fourth-order valence-electron chi connectivity index (χ4n) is 1.04. The highest BCUT2D eigenvalue weighted by Gasteiger charge is 2.02. The van der Waals surface area contributed by atoms with Crippen LogP contribution in [0.1, 0.15) is 12.6 Å². The number of hydrogen-bond donors (Lipinski definition) is 0. The van der Waals surface area contributed by atoms with Gasteiger partial charge < -0.3 is 0 Å². The van der Waals surface area contributed by atoms with E-state index in [1.54, 1.807) is 10.8 Å². The fourth-order valence-corrected chi connectivity index (χ4v) is 1.24. The molecule has 0 saturated heterocycles. The molecule has 0 radical (unpaired) electrons. The Labute approximate surface area is 85.9 Å². The van der Waals surface area contributed by atoms with Crippen LogP contribution in [0.4, 0.5) is 0 Å². The summed E-state index contributed by atoms with van der Waals surface area (Å²) < 4.78 is 1.64. The van der Waals surface area contributed by atoms with Gasteiger partial charge in [0.2, 0.25) is 0 Å². The minimum atomic E-state index is -0.159. The van der Waals surface area contributed by atoms with Crippen molar-refractivity contribution >= 4 is 15.9 Å². The largest absolute Gasteiger partial charge is 0.347 e. The maximum absolute atomic E-state index is 11.3. The quantitative estimate of drug-likeness (QED) is 0.758. The van der Waals surface area contributed by atoms with Crippen LogP contribution in [0.5, 0.6) is 0 Å². The molecule has 1 unspecified atom stereocenters. The SMILES string of the molecule is Cc1ccn(CC(C)CBr)c(=O)n1. The second-order valence-electron chi connectivity index (χ2n) is 3.26. The van der Waals surface area contributed by atoms with Crippen LogP contribution in [0.2, 0.25) is 0 Å². The second-order valence-corrected chi connectivity index (χ2v) is 3.91. The van der Waals surface area contributed by atoms with E-state index >= 15 is 0 Å². The van der Waals surface area contributed by atoms with E-state index in [1.807, 2.05) is 13.0 Å². The van der Waals surface area contributed by atoms with Gasteiger partial charge in [-0.15, -0.1) is 0 Å². The highest BCUT2D eigenvalue weighted by molar-refractivity contribution is 9.09. The first-order valence-electron chi connectivity index (χ1n) is 4.23. The molecule has 0 aliphatic rings. The van der Waals surface area contributed by atoms with Gasteiger partial charge in [0.15, 0.2) is 0 Å². The van der Waals surface area contributed by atoms with Crippen LogP contribution in [0.15, 0.2) is 17.1 Å². The molecule has 72 valence electrons. The number of aromatic nitrogens is 2. The van der Waals surface area contributed by atoms with Crippen molar-refractivity contribution in [3.05, 3.63) is 28.4 Å². The first kappa shape index (κ1) is 10.4. The number of nitrogens with zero attached hydrogens (tertiary/aromatic N) is 2. The van der Waals surface area contributed by atoms with E-state index in [2.05, 4.69) is 27.8 Å². The molecule has 0 aliphatic heterocycles. The predicted molar refractivity (Wildman–Crippen MR) is 56.2 cm³/mol. The third-order valence-electron chi connectivity index (χ3n) is 1.79. The summed E-state index contributed by atoms with van der Waals surface area (Å²) in [5.74, 6) is 0.446. The highest BCUT2D eigenvalue weighted by atomic mass is 79.9. The van der Waals surface area contributed by atoms with Crippen LogP contribution in [-0.2, 0) is 6.54 Å². The Morgan fingerprint density at radius 1 is 1.69 bits per heavy atom. The van der Waals surface area contributed by atoms with Crippen LogP contribution < -0.4 is 5.69 Å². The summed E-state index contributed by atoms with van der Waals surface area (Å²) >= 11 is 3.38. The lowest BCUT2D eigenvalue weighted by Crippen LogP contribution is -2.25. The van der Waals surface area contributed by atoms with E-state index in [-0.39, 0.29) is 5.69 Å². The van der Waals surface area contributed by atoms with Gasteiger partial charge in [-0.2, -0.15) is 4.98 Å². The van der Waals surface area contributed by atoms with Crippen molar-refractivity contribution in [1.82, 2.24) is 9.55 Å². The molecule has 13 heavy (non-hydrogen) atoms. The van der Waals surface area contributed by atoms with Gasteiger partial charge in [0.25, 0.3) is 0 Å². The summed E-state index contributed by atoms with van der Waals surface area (Å²) in [6, 6.07) is 1.85. The summed E-state index contributed by atoms with van der Waals surface area (Å²) in [4.78, 5) is 15.2. The molecule has 0 amide bonds. The Balaban J connectivity index is 2.84. The molecule has 0 spiro atoms. The summed E-state index contributed by atoms with van der Waals surface area (Å²) in [5, 5.41) is 0.896. The predicted octanol–water partition coefficient (Wildman–Crippen LogP) is 1.58. The lowest BCUT2D eigenvalue weighted by Gasteiger charge is -2.09. The molecule has 4 heteroatoms. The minimum absolute atomic E-state index is 0.159. The molecule has 1 aromatic heterocycles. The van der Waals surface area contributed by atoms with Crippen LogP contribution in [0.3, 0.4) is 0 Å². The second kappa shape index (κ2) is 4.56. The van der Waals surface area contributed by atoms with Gasteiger partial charge in [-0.1, -0.05) is 22.9 Å². The van der Waals surface area contributed by atoms with Crippen molar-refractivity contribution in [3.8, 4) is 0 Å². The zero-order valence-corrected chi connectivity index (χ0v) is 9.41. The van der Waals surface area contributed by atoms with E-state index in [9.17, 15) is 4.79 Å². The van der Waals surface area contributed by atoms with Crippen LogP contribution in [-0.4, -0.2) is 14.9 Å². The zero-order valence-electron chi connectivity index (χ0n) is 7.83. The van der Waals surface area contributed by atoms with Gasteiger partial charge in [-0.25, -0.2) is 4.79 Å². The fraction of sp³-hybridized carbons (Fsp3) is 0.556. The Hall–Kier alpha value is -0.640. The van der Waals surface area contributed by atoms with E-state index in [0.29, 0.717) is 5.92 Å². The molecule has 1 aromatic rings. The zero-order chi connectivity index (χ0) is 9.84. The molecule has 3 nitrogen and oxygen atoms in total. The topological polar surface area (TPSA) is 34.9 Å². The summed E-state index contributed by atoms with van der Waals surface area (Å²) in [6.07, 6.45) is 1.80. The van der Waals surface area contributed by atoms with E-state index < -0.39 is 0 Å². The normalized spacial score (nSPS) is 12.8. The van der Waals surface area contributed by atoms with Gasteiger partial charge in [-0.05, 0) is 18.9 Å². The molecule has 1 rings (SSSR count). The van der Waals surface area contributed by atoms with Gasteiger partial charge >= 0.3 is 5.69 Å². The maximum Gasteiger partial charge on any atom is 0.347 e. The third kappa shape index (κ3) is 2.95. The average Bonchev–Trinajstić information content (AvgIpc) is 2.09. The molecule has 1 atom stereocenters. The van der Waals surface area contributed by atoms with Gasteiger partial charge in [-0.3, -0.25) is 4.57 Å². The van der Waals surface area contributed by atoms with E-state index in [1.165, 1.54) is 0 Å². The molecule has 0 saturated carbocycles. The van der Waals surface area contributed by atoms with Crippen LogP contribution in [0, 0.1) is 12.8 Å². The maximum atomic E-state index is 11.3. The molecule has 0 bridgehead atoms. The number of aryl methyl sites for hydroxylation is 1. The van der Waals surface area contributed by atoms with Crippen molar-refractivity contribution < 1.29 is 0 Å². The molecular weight excluding hydrogens is 232 g/mol. The minimum Gasteiger partial charge on any atom is -0.299 e. The van der Waals surface area contributed by atoms with E-state index in [0.717, 1.165) is 17.6 Å². The summed E-state index contributed by atoms with van der Waals surface area (Å²) in [7, 11) is 0. The molecule has 0 aliphatic carbocycles. The smallest absolute Gasteiger partial charge is 0.299 e. The van der Waals surface area contributed by atoms with Crippen molar-refractivity contribution in [3.63, 3.8) is 0 Å². The molecule has 1 heterocycles. The lowest BCUT2D eigenvalue weighted by atomic mass is 10.2. The number of hydrogen-bond acceptors (Lipinski definition) is 2. The summed E-state index contributed by atoms with van der Waals surface area (Å²) in [5.41, 5.74) is 0.612. The van der Waals surface area contributed by atoms with Crippen molar-refractivity contribution in [2.75, 3.05) is 5.33 Å². The number of rotatable bonds is 3. The van der Waals surface area contributed by atoms with Crippen molar-refractivity contribution in [2.45, 2.75) is 20.4 Å². The molecular formula is C9H13BrN2O. The lowest BCUT2D eigenvalue weighted by molar-refractivity contribution is 0.511. The summed E-state index contributed by atoms with van der Waals surface area (Å²) in [6.45, 7) is 4.62. The number of halogens is 1. The van der Waals surface area contributed by atoms with Crippen molar-refractivity contribution in [1.29, 1.82) is 0 Å². The van der Waals surface area contributed by atoms with Crippen molar-refractivity contribution in [2.24, 2.45) is 5.92 Å². The van der Waals surface area contributed by atoms with Gasteiger partial charge in [0.1, 0.15) is 0 Å². The Morgan fingerprint density at radius 2 is 2.38 bits per heavy atom. The van der Waals surface area contributed by atoms with E-state index in [4.69, 9.17) is 0 Å². The Bertz CT molecular complexity index is 335. The van der Waals surface area contributed by atoms with Gasteiger partial charge in [0.05, 0.1) is 0 Å². The number of alkyl halides is 1. The average molecular weight is 245 g/mol. The Kier molecular flexibility index (Phi) is 3.66. The van der Waals surface area contributed by atoms with Gasteiger partial charge in [0, 0.05) is 23.8 Å². The molecule has 0 fully saturated rings. The molecule has 0 aromatic carbocycles. The third-order valence-corrected chi connectivity index (χ3v) is 2.89. The Morgan fingerprint density at radius 3 is 2.92 bits per heavy atom.